The standard InChI is InChI=1S/C13H16BrNO2/c1-8-5-9(2)15(7-8)12-4-3-10(14)6-11(12)13(16)17/h3-4,6,8-9H,5,7H2,1-2H3,(H,16,17). The molecule has 0 saturated carbocycles. The zero-order valence-corrected chi connectivity index (χ0v) is 11.6. The number of aromatic carboxylic acids is 1. The Bertz CT molecular complexity index is 447. The summed E-state index contributed by atoms with van der Waals surface area (Å²) >= 11 is 3.32. The number of carboxylic acids is 1. The first-order chi connectivity index (χ1) is 7.99. The average molecular weight is 298 g/mol. The van der Waals surface area contributed by atoms with Crippen molar-refractivity contribution in [2.45, 2.75) is 26.3 Å². The molecule has 3 nitrogen and oxygen atoms in total. The largest absolute Gasteiger partial charge is 0.478 e. The van der Waals surface area contributed by atoms with Crippen molar-refractivity contribution in [3.63, 3.8) is 0 Å². The summed E-state index contributed by atoms with van der Waals surface area (Å²) in [7, 11) is 0. The van der Waals surface area contributed by atoms with Crippen molar-refractivity contribution in [3.8, 4) is 0 Å². The summed E-state index contributed by atoms with van der Waals surface area (Å²) in [5.41, 5.74) is 1.21. The molecular weight excluding hydrogens is 282 g/mol. The third kappa shape index (κ3) is 2.46. The SMILES string of the molecule is CC1CC(C)N(c2ccc(Br)cc2C(=O)O)C1. The van der Waals surface area contributed by atoms with Crippen LogP contribution in [0.1, 0.15) is 30.6 Å². The number of hydrogen-bond acceptors (Lipinski definition) is 2. The fourth-order valence-corrected chi connectivity index (χ4v) is 2.93. The maximum Gasteiger partial charge on any atom is 0.337 e. The highest BCUT2D eigenvalue weighted by molar-refractivity contribution is 9.10. The number of hydrogen-bond donors (Lipinski definition) is 1. The Hall–Kier alpha value is -1.03. The minimum Gasteiger partial charge on any atom is -0.478 e. The van der Waals surface area contributed by atoms with E-state index in [1.165, 1.54) is 0 Å². The lowest BCUT2D eigenvalue weighted by atomic mass is 10.1. The Balaban J connectivity index is 2.41. The van der Waals surface area contributed by atoms with Gasteiger partial charge in [-0.15, -0.1) is 0 Å². The van der Waals surface area contributed by atoms with Crippen LogP contribution in [0, 0.1) is 5.92 Å². The summed E-state index contributed by atoms with van der Waals surface area (Å²) in [4.78, 5) is 13.5. The van der Waals surface area contributed by atoms with Crippen molar-refractivity contribution in [2.24, 2.45) is 5.92 Å². The Morgan fingerprint density at radius 3 is 2.71 bits per heavy atom. The normalized spacial score (nSPS) is 24.1. The molecule has 1 heterocycles. The number of anilines is 1. The molecule has 1 fully saturated rings. The van der Waals surface area contributed by atoms with Crippen LogP contribution in [-0.4, -0.2) is 23.7 Å². The number of nitrogens with zero attached hydrogens (tertiary/aromatic N) is 1. The van der Waals surface area contributed by atoms with Crippen molar-refractivity contribution < 1.29 is 9.90 Å². The number of halogens is 1. The minimum absolute atomic E-state index is 0.375. The third-order valence-corrected chi connectivity index (χ3v) is 3.78. The van der Waals surface area contributed by atoms with E-state index in [1.807, 2.05) is 12.1 Å². The van der Waals surface area contributed by atoms with Gasteiger partial charge in [-0.3, -0.25) is 0 Å². The van der Waals surface area contributed by atoms with Crippen LogP contribution in [0.15, 0.2) is 22.7 Å². The Morgan fingerprint density at radius 2 is 2.18 bits per heavy atom. The van der Waals surface area contributed by atoms with Crippen LogP contribution in [0.25, 0.3) is 0 Å². The molecule has 0 spiro atoms. The molecule has 1 aromatic rings. The summed E-state index contributed by atoms with van der Waals surface area (Å²) in [5, 5.41) is 9.26. The summed E-state index contributed by atoms with van der Waals surface area (Å²) < 4.78 is 0.804. The molecule has 1 aliphatic heterocycles. The predicted molar refractivity (Wildman–Crippen MR) is 71.7 cm³/mol. The molecule has 92 valence electrons. The number of benzene rings is 1. The lowest BCUT2D eigenvalue weighted by Gasteiger charge is -2.25. The van der Waals surface area contributed by atoms with E-state index >= 15 is 0 Å². The van der Waals surface area contributed by atoms with Crippen LogP contribution in [0.3, 0.4) is 0 Å². The van der Waals surface area contributed by atoms with Gasteiger partial charge in [-0.25, -0.2) is 4.79 Å². The molecule has 4 heteroatoms. The molecular formula is C13H16BrNO2. The van der Waals surface area contributed by atoms with Gasteiger partial charge in [0.05, 0.1) is 11.3 Å². The lowest BCUT2D eigenvalue weighted by Crippen LogP contribution is -2.28. The van der Waals surface area contributed by atoms with Crippen molar-refractivity contribution in [1.29, 1.82) is 0 Å². The monoisotopic (exact) mass is 297 g/mol. The first-order valence-corrected chi connectivity index (χ1v) is 6.58. The first kappa shape index (κ1) is 12.4. The van der Waals surface area contributed by atoms with E-state index in [2.05, 4.69) is 34.7 Å². The molecule has 1 aromatic carbocycles. The molecule has 1 N–H and O–H groups in total. The average Bonchev–Trinajstić information content (AvgIpc) is 2.57. The fraction of sp³-hybridized carbons (Fsp3) is 0.462. The maximum absolute atomic E-state index is 11.3. The molecule has 0 amide bonds. The molecule has 17 heavy (non-hydrogen) atoms. The van der Waals surface area contributed by atoms with E-state index in [0.29, 0.717) is 17.5 Å². The summed E-state index contributed by atoms with van der Waals surface area (Å²) in [5.74, 6) is -0.247. The molecule has 1 aliphatic rings. The summed E-state index contributed by atoms with van der Waals surface area (Å²) in [6.45, 7) is 5.29. The smallest absolute Gasteiger partial charge is 0.337 e. The highest BCUT2D eigenvalue weighted by atomic mass is 79.9. The van der Waals surface area contributed by atoms with Crippen molar-refractivity contribution >= 4 is 27.6 Å². The second-order valence-electron chi connectivity index (χ2n) is 4.81. The Labute approximate surface area is 110 Å². The Kier molecular flexibility index (Phi) is 3.43. The quantitative estimate of drug-likeness (QED) is 0.910. The van der Waals surface area contributed by atoms with E-state index in [4.69, 9.17) is 0 Å². The molecule has 1 saturated heterocycles. The van der Waals surface area contributed by atoms with Gasteiger partial charge in [0.25, 0.3) is 0 Å². The van der Waals surface area contributed by atoms with Crippen LogP contribution < -0.4 is 4.90 Å². The molecule has 2 unspecified atom stereocenters. The molecule has 2 atom stereocenters. The van der Waals surface area contributed by atoms with Crippen LogP contribution >= 0.6 is 15.9 Å². The molecule has 0 aromatic heterocycles. The highest BCUT2D eigenvalue weighted by Gasteiger charge is 2.28. The second kappa shape index (κ2) is 4.69. The topological polar surface area (TPSA) is 40.5 Å². The first-order valence-electron chi connectivity index (χ1n) is 5.78. The summed E-state index contributed by atoms with van der Waals surface area (Å²) in [6, 6.07) is 5.87. The number of carboxylic acid groups (broad SMARTS) is 1. The van der Waals surface area contributed by atoms with Crippen LogP contribution in [0.4, 0.5) is 5.69 Å². The van der Waals surface area contributed by atoms with Crippen LogP contribution in [0.2, 0.25) is 0 Å². The zero-order chi connectivity index (χ0) is 12.6. The molecule has 0 aliphatic carbocycles. The Morgan fingerprint density at radius 1 is 1.47 bits per heavy atom. The van der Waals surface area contributed by atoms with E-state index in [9.17, 15) is 9.90 Å². The van der Waals surface area contributed by atoms with Crippen molar-refractivity contribution in [2.75, 3.05) is 11.4 Å². The van der Waals surface area contributed by atoms with Crippen molar-refractivity contribution in [3.05, 3.63) is 28.2 Å². The number of carbonyl (C=O) groups is 1. The van der Waals surface area contributed by atoms with Gasteiger partial charge >= 0.3 is 5.97 Å². The second-order valence-corrected chi connectivity index (χ2v) is 5.72. The highest BCUT2D eigenvalue weighted by Crippen LogP contribution is 2.32. The fourth-order valence-electron chi connectivity index (χ4n) is 2.57. The number of rotatable bonds is 2. The molecule has 2 rings (SSSR count). The predicted octanol–water partition coefficient (Wildman–Crippen LogP) is 3.38. The van der Waals surface area contributed by atoms with E-state index in [-0.39, 0.29) is 0 Å². The third-order valence-electron chi connectivity index (χ3n) is 3.28. The van der Waals surface area contributed by atoms with E-state index in [0.717, 1.165) is 23.1 Å². The van der Waals surface area contributed by atoms with Gasteiger partial charge in [0, 0.05) is 17.1 Å². The van der Waals surface area contributed by atoms with Gasteiger partial charge < -0.3 is 10.0 Å². The maximum atomic E-state index is 11.3. The lowest BCUT2D eigenvalue weighted by molar-refractivity contribution is 0.0697. The van der Waals surface area contributed by atoms with Gasteiger partial charge in [-0.2, -0.15) is 0 Å². The van der Waals surface area contributed by atoms with Gasteiger partial charge in [0.1, 0.15) is 0 Å². The van der Waals surface area contributed by atoms with Crippen molar-refractivity contribution in [1.82, 2.24) is 0 Å². The van der Waals surface area contributed by atoms with E-state index in [1.54, 1.807) is 6.07 Å². The molecule has 0 radical (unpaired) electrons. The van der Waals surface area contributed by atoms with E-state index < -0.39 is 5.97 Å². The van der Waals surface area contributed by atoms with Crippen LogP contribution in [-0.2, 0) is 0 Å². The zero-order valence-electron chi connectivity index (χ0n) is 9.98. The van der Waals surface area contributed by atoms with Gasteiger partial charge in [-0.05, 0) is 37.5 Å². The summed E-state index contributed by atoms with van der Waals surface area (Å²) in [6.07, 6.45) is 1.12. The van der Waals surface area contributed by atoms with Gasteiger partial charge in [-0.1, -0.05) is 22.9 Å². The molecule has 0 bridgehead atoms. The van der Waals surface area contributed by atoms with Gasteiger partial charge in [0.15, 0.2) is 0 Å². The van der Waals surface area contributed by atoms with Crippen LogP contribution in [0.5, 0.6) is 0 Å². The minimum atomic E-state index is -0.868. The van der Waals surface area contributed by atoms with Gasteiger partial charge in [0.2, 0.25) is 0 Å².